The summed E-state index contributed by atoms with van der Waals surface area (Å²) in [4.78, 5) is 11.7. The van der Waals surface area contributed by atoms with Crippen LogP contribution in [0.4, 0.5) is 4.39 Å². The smallest absolute Gasteiger partial charge is 0.254 e. The Bertz CT molecular complexity index is 415. The second-order valence-electron chi connectivity index (χ2n) is 3.84. The Kier molecular flexibility index (Phi) is 7.62. The third-order valence-corrected chi connectivity index (χ3v) is 2.85. The lowest BCUT2D eigenvalue weighted by Gasteiger charge is -2.07. The number of ether oxygens (including phenoxy) is 2. The zero-order valence-electron chi connectivity index (χ0n) is 10.7. The number of benzene rings is 1. The largest absolute Gasteiger partial charge is 0.382 e. The number of hydrogen-bond donors (Lipinski definition) is 1. The molecule has 0 saturated carbocycles. The summed E-state index contributed by atoms with van der Waals surface area (Å²) < 4.78 is 24.2. The fraction of sp³-hybridized carbons (Fsp3) is 0.462. The van der Waals surface area contributed by atoms with Crippen molar-refractivity contribution in [2.45, 2.75) is 6.42 Å². The Morgan fingerprint density at radius 3 is 2.89 bits per heavy atom. The zero-order valence-corrected chi connectivity index (χ0v) is 12.3. The highest BCUT2D eigenvalue weighted by molar-refractivity contribution is 9.10. The molecule has 0 aliphatic heterocycles. The summed E-state index contributed by atoms with van der Waals surface area (Å²) in [6.07, 6.45) is 0.672. The maximum Gasteiger partial charge on any atom is 0.254 e. The van der Waals surface area contributed by atoms with E-state index in [1.807, 2.05) is 0 Å². The van der Waals surface area contributed by atoms with Crippen LogP contribution in [0.25, 0.3) is 0 Å². The van der Waals surface area contributed by atoms with E-state index in [4.69, 9.17) is 9.47 Å². The number of nitrogens with one attached hydrogen (secondary N) is 1. The van der Waals surface area contributed by atoms with Crippen molar-refractivity contribution in [1.82, 2.24) is 5.32 Å². The molecule has 1 amide bonds. The minimum Gasteiger partial charge on any atom is -0.382 e. The van der Waals surface area contributed by atoms with Crippen molar-refractivity contribution in [3.05, 3.63) is 34.1 Å². The van der Waals surface area contributed by atoms with Crippen LogP contribution in [-0.2, 0) is 9.47 Å². The number of methoxy groups -OCH3 is 1. The van der Waals surface area contributed by atoms with Crippen LogP contribution in [0, 0.1) is 5.82 Å². The topological polar surface area (TPSA) is 47.6 Å². The highest BCUT2D eigenvalue weighted by atomic mass is 79.9. The van der Waals surface area contributed by atoms with Gasteiger partial charge in [0.15, 0.2) is 0 Å². The molecule has 0 fully saturated rings. The van der Waals surface area contributed by atoms with Crippen LogP contribution < -0.4 is 5.32 Å². The molecule has 106 valence electrons. The second-order valence-corrected chi connectivity index (χ2v) is 4.75. The van der Waals surface area contributed by atoms with Gasteiger partial charge in [-0.05, 0) is 24.6 Å². The van der Waals surface area contributed by atoms with Gasteiger partial charge in [0.2, 0.25) is 0 Å². The lowest BCUT2D eigenvalue weighted by Crippen LogP contribution is -2.26. The van der Waals surface area contributed by atoms with Crippen LogP contribution in [0.1, 0.15) is 16.8 Å². The first-order valence-corrected chi connectivity index (χ1v) is 6.74. The van der Waals surface area contributed by atoms with Crippen molar-refractivity contribution < 1.29 is 18.7 Å². The maximum atomic E-state index is 13.4. The zero-order chi connectivity index (χ0) is 14.1. The van der Waals surface area contributed by atoms with Gasteiger partial charge < -0.3 is 14.8 Å². The Balaban J connectivity index is 2.26. The van der Waals surface area contributed by atoms with Gasteiger partial charge in [-0.15, -0.1) is 0 Å². The number of rotatable bonds is 8. The van der Waals surface area contributed by atoms with E-state index in [1.165, 1.54) is 12.1 Å². The summed E-state index contributed by atoms with van der Waals surface area (Å²) in [5, 5.41) is 2.65. The first-order chi connectivity index (χ1) is 9.15. The van der Waals surface area contributed by atoms with Crippen molar-refractivity contribution >= 4 is 21.8 Å². The number of carbonyl (C=O) groups excluding carboxylic acids is 1. The van der Waals surface area contributed by atoms with Crippen LogP contribution in [0.15, 0.2) is 22.7 Å². The van der Waals surface area contributed by atoms with Crippen LogP contribution in [0.2, 0.25) is 0 Å². The molecule has 0 unspecified atom stereocenters. The van der Waals surface area contributed by atoms with Crippen LogP contribution in [0.3, 0.4) is 0 Å². The van der Waals surface area contributed by atoms with Crippen LogP contribution in [0.5, 0.6) is 0 Å². The van der Waals surface area contributed by atoms with Gasteiger partial charge in [-0.3, -0.25) is 4.79 Å². The Labute approximate surface area is 120 Å². The first-order valence-electron chi connectivity index (χ1n) is 5.95. The van der Waals surface area contributed by atoms with Crippen LogP contribution >= 0.6 is 15.9 Å². The van der Waals surface area contributed by atoms with Crippen molar-refractivity contribution in [2.75, 3.05) is 33.5 Å². The van der Waals surface area contributed by atoms with Crippen molar-refractivity contribution in [3.63, 3.8) is 0 Å². The molecule has 0 heterocycles. The Morgan fingerprint density at radius 2 is 2.16 bits per heavy atom. The number of amides is 1. The molecule has 0 bridgehead atoms. The van der Waals surface area contributed by atoms with Gasteiger partial charge in [-0.2, -0.15) is 0 Å². The summed E-state index contributed by atoms with van der Waals surface area (Å²) in [6.45, 7) is 2.06. The molecule has 1 rings (SSSR count). The molecule has 0 aromatic heterocycles. The predicted molar refractivity (Wildman–Crippen MR) is 73.7 cm³/mol. The number of hydrogen-bond acceptors (Lipinski definition) is 3. The summed E-state index contributed by atoms with van der Waals surface area (Å²) in [5.41, 5.74) is 0.0367. The predicted octanol–water partition coefficient (Wildman–Crippen LogP) is 2.37. The van der Waals surface area contributed by atoms with Gasteiger partial charge in [0.1, 0.15) is 5.82 Å². The third-order valence-electron chi connectivity index (χ3n) is 2.36. The van der Waals surface area contributed by atoms with E-state index in [1.54, 1.807) is 13.2 Å². The minimum atomic E-state index is -0.531. The van der Waals surface area contributed by atoms with Crippen molar-refractivity contribution in [2.24, 2.45) is 0 Å². The molecule has 0 aliphatic carbocycles. The average molecular weight is 334 g/mol. The highest BCUT2D eigenvalue weighted by Gasteiger charge is 2.11. The van der Waals surface area contributed by atoms with E-state index >= 15 is 0 Å². The standard InChI is InChI=1S/C13H17BrFNO3/c1-18-7-8-19-6-2-5-16-13(17)11-9-10(14)3-4-12(11)15/h3-4,9H,2,5-8H2,1H3,(H,16,17). The Hall–Kier alpha value is -0.980. The molecule has 0 saturated heterocycles. The number of halogens is 2. The van der Waals surface area contributed by atoms with Gasteiger partial charge in [0.05, 0.1) is 18.8 Å². The minimum absolute atomic E-state index is 0.0367. The molecule has 1 aromatic rings. The monoisotopic (exact) mass is 333 g/mol. The van der Waals surface area contributed by atoms with E-state index in [9.17, 15) is 9.18 Å². The lowest BCUT2D eigenvalue weighted by atomic mass is 10.2. The van der Waals surface area contributed by atoms with Crippen molar-refractivity contribution in [3.8, 4) is 0 Å². The molecule has 1 aromatic carbocycles. The second kappa shape index (κ2) is 9.01. The van der Waals surface area contributed by atoms with E-state index < -0.39 is 11.7 Å². The first kappa shape index (κ1) is 16.1. The van der Waals surface area contributed by atoms with E-state index in [0.29, 0.717) is 37.3 Å². The fourth-order valence-corrected chi connectivity index (χ4v) is 1.75. The molecular formula is C13H17BrFNO3. The average Bonchev–Trinajstić information content (AvgIpc) is 2.40. The van der Waals surface area contributed by atoms with Gasteiger partial charge in [-0.25, -0.2) is 4.39 Å². The fourth-order valence-electron chi connectivity index (χ4n) is 1.39. The highest BCUT2D eigenvalue weighted by Crippen LogP contribution is 2.15. The van der Waals surface area contributed by atoms with E-state index in [0.717, 1.165) is 0 Å². The molecular weight excluding hydrogens is 317 g/mol. The summed E-state index contributed by atoms with van der Waals surface area (Å²) in [5.74, 6) is -0.951. The van der Waals surface area contributed by atoms with Gasteiger partial charge >= 0.3 is 0 Å². The molecule has 4 nitrogen and oxygen atoms in total. The molecule has 0 radical (unpaired) electrons. The lowest BCUT2D eigenvalue weighted by molar-refractivity contribution is 0.0688. The van der Waals surface area contributed by atoms with Gasteiger partial charge in [0, 0.05) is 24.7 Å². The SMILES string of the molecule is COCCOCCCNC(=O)c1cc(Br)ccc1F. The molecule has 6 heteroatoms. The quantitative estimate of drug-likeness (QED) is 0.743. The van der Waals surface area contributed by atoms with Crippen molar-refractivity contribution in [1.29, 1.82) is 0 Å². The third kappa shape index (κ3) is 6.13. The molecule has 1 N–H and O–H groups in total. The van der Waals surface area contributed by atoms with E-state index in [-0.39, 0.29) is 5.56 Å². The van der Waals surface area contributed by atoms with E-state index in [2.05, 4.69) is 21.2 Å². The molecule has 19 heavy (non-hydrogen) atoms. The summed E-state index contributed by atoms with van der Waals surface area (Å²) in [7, 11) is 1.61. The summed E-state index contributed by atoms with van der Waals surface area (Å²) >= 11 is 3.20. The number of carbonyl (C=O) groups is 1. The Morgan fingerprint density at radius 1 is 1.37 bits per heavy atom. The maximum absolute atomic E-state index is 13.4. The van der Waals surface area contributed by atoms with Crippen LogP contribution in [-0.4, -0.2) is 39.4 Å². The molecule has 0 aliphatic rings. The normalized spacial score (nSPS) is 10.5. The van der Waals surface area contributed by atoms with Gasteiger partial charge in [0.25, 0.3) is 5.91 Å². The molecule has 0 atom stereocenters. The van der Waals surface area contributed by atoms with Gasteiger partial charge in [-0.1, -0.05) is 15.9 Å². The summed E-state index contributed by atoms with van der Waals surface area (Å²) in [6, 6.07) is 4.27. The molecule has 0 spiro atoms.